The molecule has 1 aliphatic heterocycles. The van der Waals surface area contributed by atoms with Gasteiger partial charge in [0, 0.05) is 30.9 Å². The maximum absolute atomic E-state index is 14.3. The summed E-state index contributed by atoms with van der Waals surface area (Å²) in [6.07, 6.45) is -0.0870. The van der Waals surface area contributed by atoms with Crippen LogP contribution < -0.4 is 5.32 Å². The van der Waals surface area contributed by atoms with Crippen molar-refractivity contribution in [2.45, 2.75) is 25.7 Å². The molecule has 0 aromatic heterocycles. The van der Waals surface area contributed by atoms with Crippen molar-refractivity contribution < 1.29 is 22.8 Å². The average molecular weight is 361 g/mol. The molecule has 2 aromatic carbocycles. The molecule has 3 rings (SSSR count). The van der Waals surface area contributed by atoms with Crippen LogP contribution in [0.3, 0.4) is 0 Å². The average Bonchev–Trinajstić information content (AvgIpc) is 2.90. The third kappa shape index (κ3) is 3.79. The Hall–Kier alpha value is -2.63. The standard InChI is InChI=1S/C20H18F3NO2/c1-11-6-17(22)19(18(23)7-11)16-10-24-20(26)15(16)9-14(25)8-12-2-4-13(21)5-3-12/h2-7,15-16H,8-10H2,1H3,(H,24,26)/t15-,16+/m0/s1. The van der Waals surface area contributed by atoms with Gasteiger partial charge < -0.3 is 5.32 Å². The molecule has 26 heavy (non-hydrogen) atoms. The van der Waals surface area contributed by atoms with Gasteiger partial charge in [-0.15, -0.1) is 0 Å². The molecule has 136 valence electrons. The molecule has 1 fully saturated rings. The fraction of sp³-hybridized carbons (Fsp3) is 0.300. The Morgan fingerprint density at radius 2 is 1.73 bits per heavy atom. The Balaban J connectivity index is 1.78. The number of rotatable bonds is 5. The van der Waals surface area contributed by atoms with Gasteiger partial charge >= 0.3 is 0 Å². The highest BCUT2D eigenvalue weighted by molar-refractivity contribution is 5.90. The number of halogens is 3. The summed E-state index contributed by atoms with van der Waals surface area (Å²) < 4.78 is 41.5. The molecule has 0 spiro atoms. The molecule has 1 amide bonds. The summed E-state index contributed by atoms with van der Waals surface area (Å²) in [5.74, 6) is -4.00. The van der Waals surface area contributed by atoms with Gasteiger partial charge in [0.25, 0.3) is 0 Å². The van der Waals surface area contributed by atoms with Gasteiger partial charge in [0.2, 0.25) is 5.91 Å². The Bertz CT molecular complexity index is 826. The van der Waals surface area contributed by atoms with Gasteiger partial charge in [-0.1, -0.05) is 12.1 Å². The maximum atomic E-state index is 14.3. The molecule has 0 unspecified atom stereocenters. The lowest BCUT2D eigenvalue weighted by molar-refractivity contribution is -0.127. The summed E-state index contributed by atoms with van der Waals surface area (Å²) in [6, 6.07) is 7.95. The van der Waals surface area contributed by atoms with Crippen LogP contribution in [0.2, 0.25) is 0 Å². The first-order valence-electron chi connectivity index (χ1n) is 8.34. The lowest BCUT2D eigenvalue weighted by atomic mass is 9.83. The van der Waals surface area contributed by atoms with Crippen molar-refractivity contribution in [1.82, 2.24) is 5.32 Å². The van der Waals surface area contributed by atoms with Crippen LogP contribution in [0.1, 0.15) is 29.0 Å². The summed E-state index contributed by atoms with van der Waals surface area (Å²) in [5.41, 5.74) is 0.914. The molecule has 0 aliphatic carbocycles. The van der Waals surface area contributed by atoms with Crippen molar-refractivity contribution >= 4 is 11.7 Å². The number of carbonyl (C=O) groups is 2. The van der Waals surface area contributed by atoms with Gasteiger partial charge in [-0.05, 0) is 42.3 Å². The van der Waals surface area contributed by atoms with Gasteiger partial charge in [0.05, 0.1) is 5.92 Å². The fourth-order valence-corrected chi connectivity index (χ4v) is 3.42. The predicted octanol–water partition coefficient (Wildman–Crippen LogP) is 3.44. The monoisotopic (exact) mass is 361 g/mol. The van der Waals surface area contributed by atoms with E-state index >= 15 is 0 Å². The number of hydrogen-bond acceptors (Lipinski definition) is 2. The SMILES string of the molecule is Cc1cc(F)c([C@@H]2CNC(=O)[C@H]2CC(=O)Cc2ccc(F)cc2)c(F)c1. The summed E-state index contributed by atoms with van der Waals surface area (Å²) in [7, 11) is 0. The first-order chi connectivity index (χ1) is 12.3. The van der Waals surface area contributed by atoms with Crippen molar-refractivity contribution in [3.8, 4) is 0 Å². The van der Waals surface area contributed by atoms with E-state index in [1.165, 1.54) is 36.4 Å². The summed E-state index contributed by atoms with van der Waals surface area (Å²) in [5, 5.41) is 2.59. The normalized spacial score (nSPS) is 19.5. The van der Waals surface area contributed by atoms with Gasteiger partial charge in [-0.25, -0.2) is 13.2 Å². The first kappa shape index (κ1) is 18.2. The number of carbonyl (C=O) groups excluding carboxylic acids is 2. The van der Waals surface area contributed by atoms with Gasteiger partial charge in [-0.3, -0.25) is 9.59 Å². The number of Topliss-reactive ketones (excluding diaryl/α,β-unsaturated/α-hetero) is 1. The van der Waals surface area contributed by atoms with Gasteiger partial charge in [0.1, 0.15) is 23.2 Å². The smallest absolute Gasteiger partial charge is 0.224 e. The van der Waals surface area contributed by atoms with E-state index in [0.717, 1.165) is 0 Å². The van der Waals surface area contributed by atoms with E-state index in [1.54, 1.807) is 6.92 Å². The van der Waals surface area contributed by atoms with Crippen molar-refractivity contribution in [2.75, 3.05) is 6.54 Å². The van der Waals surface area contributed by atoms with E-state index in [1.807, 2.05) is 0 Å². The zero-order valence-electron chi connectivity index (χ0n) is 14.2. The molecule has 1 heterocycles. The van der Waals surface area contributed by atoms with Gasteiger partial charge in [0.15, 0.2) is 0 Å². The lowest BCUT2D eigenvalue weighted by Crippen LogP contribution is -2.23. The van der Waals surface area contributed by atoms with Crippen LogP contribution in [0.4, 0.5) is 13.2 Å². The van der Waals surface area contributed by atoms with Crippen LogP contribution in [0.25, 0.3) is 0 Å². The largest absolute Gasteiger partial charge is 0.355 e. The number of ketones is 1. The summed E-state index contributed by atoms with van der Waals surface area (Å²) in [4.78, 5) is 24.5. The fourth-order valence-electron chi connectivity index (χ4n) is 3.42. The van der Waals surface area contributed by atoms with E-state index in [-0.39, 0.29) is 36.6 Å². The Morgan fingerprint density at radius 1 is 1.12 bits per heavy atom. The minimum atomic E-state index is -0.824. The summed E-state index contributed by atoms with van der Waals surface area (Å²) in [6.45, 7) is 1.67. The molecule has 6 heteroatoms. The van der Waals surface area contributed by atoms with E-state index in [9.17, 15) is 22.8 Å². The first-order valence-corrected chi connectivity index (χ1v) is 8.34. The molecule has 1 saturated heterocycles. The molecular weight excluding hydrogens is 343 g/mol. The van der Waals surface area contributed by atoms with Crippen LogP contribution in [-0.4, -0.2) is 18.2 Å². The Kier molecular flexibility index (Phi) is 5.11. The van der Waals surface area contributed by atoms with Crippen LogP contribution in [0.15, 0.2) is 36.4 Å². The second kappa shape index (κ2) is 7.32. The summed E-state index contributed by atoms with van der Waals surface area (Å²) >= 11 is 0. The molecule has 2 aromatic rings. The second-order valence-electron chi connectivity index (χ2n) is 6.65. The number of benzene rings is 2. The topological polar surface area (TPSA) is 46.2 Å². The third-order valence-electron chi connectivity index (χ3n) is 4.67. The molecule has 0 bridgehead atoms. The predicted molar refractivity (Wildman–Crippen MR) is 90.1 cm³/mol. The molecule has 0 radical (unpaired) electrons. The molecule has 2 atom stereocenters. The van der Waals surface area contributed by atoms with Crippen molar-refractivity contribution in [2.24, 2.45) is 5.92 Å². The van der Waals surface area contributed by atoms with Crippen LogP contribution in [-0.2, 0) is 16.0 Å². The van der Waals surface area contributed by atoms with Gasteiger partial charge in [-0.2, -0.15) is 0 Å². The van der Waals surface area contributed by atoms with Crippen LogP contribution in [0.5, 0.6) is 0 Å². The van der Waals surface area contributed by atoms with Crippen molar-refractivity contribution in [3.63, 3.8) is 0 Å². The molecule has 0 saturated carbocycles. The number of nitrogens with one attached hydrogen (secondary N) is 1. The van der Waals surface area contributed by atoms with Crippen molar-refractivity contribution in [1.29, 1.82) is 0 Å². The third-order valence-corrected chi connectivity index (χ3v) is 4.67. The molecule has 3 nitrogen and oxygen atoms in total. The quantitative estimate of drug-likeness (QED) is 0.887. The van der Waals surface area contributed by atoms with E-state index < -0.39 is 29.3 Å². The van der Waals surface area contributed by atoms with E-state index in [2.05, 4.69) is 5.32 Å². The highest BCUT2D eigenvalue weighted by atomic mass is 19.1. The minimum Gasteiger partial charge on any atom is -0.355 e. The molecule has 1 aliphatic rings. The second-order valence-corrected chi connectivity index (χ2v) is 6.65. The zero-order valence-corrected chi connectivity index (χ0v) is 14.2. The van der Waals surface area contributed by atoms with Crippen molar-refractivity contribution in [3.05, 3.63) is 70.5 Å². The number of amides is 1. The lowest BCUT2D eigenvalue weighted by Gasteiger charge is -2.18. The highest BCUT2D eigenvalue weighted by Crippen LogP contribution is 2.35. The van der Waals surface area contributed by atoms with E-state index in [0.29, 0.717) is 11.1 Å². The Labute approximate surface area is 149 Å². The van der Waals surface area contributed by atoms with Crippen LogP contribution >= 0.6 is 0 Å². The minimum absolute atomic E-state index is 0.0373. The maximum Gasteiger partial charge on any atom is 0.224 e. The molecule has 1 N–H and O–H groups in total. The zero-order chi connectivity index (χ0) is 18.8. The Morgan fingerprint density at radius 3 is 2.35 bits per heavy atom. The highest BCUT2D eigenvalue weighted by Gasteiger charge is 2.39. The van der Waals surface area contributed by atoms with E-state index in [4.69, 9.17) is 0 Å². The van der Waals surface area contributed by atoms with Crippen LogP contribution in [0, 0.1) is 30.3 Å². The number of aryl methyl sites for hydroxylation is 1. The molecular formula is C20H18F3NO2. The number of hydrogen-bond donors (Lipinski definition) is 1.